The van der Waals surface area contributed by atoms with Crippen molar-refractivity contribution in [2.24, 2.45) is 0 Å². The molecule has 118 valence electrons. The Morgan fingerprint density at radius 1 is 1.48 bits per heavy atom. The van der Waals surface area contributed by atoms with Gasteiger partial charge in [0.1, 0.15) is 6.17 Å². The summed E-state index contributed by atoms with van der Waals surface area (Å²) in [4.78, 5) is 19.5. The Kier molecular flexibility index (Phi) is 4.76. The van der Waals surface area contributed by atoms with E-state index in [0.717, 1.165) is 13.0 Å². The van der Waals surface area contributed by atoms with Gasteiger partial charge < -0.3 is 9.80 Å². The molecular formula is C16H27N3OS. The molecule has 1 N–H and O–H groups in total. The van der Waals surface area contributed by atoms with Crippen LogP contribution < -0.4 is 5.32 Å². The van der Waals surface area contributed by atoms with Crippen molar-refractivity contribution >= 4 is 17.2 Å². The molecule has 3 unspecified atom stereocenters. The molecule has 1 aromatic rings. The molecule has 1 aliphatic heterocycles. The van der Waals surface area contributed by atoms with Crippen LogP contribution in [0.25, 0.3) is 0 Å². The van der Waals surface area contributed by atoms with Gasteiger partial charge in [-0.1, -0.05) is 6.92 Å². The van der Waals surface area contributed by atoms with Crippen LogP contribution in [0.2, 0.25) is 0 Å². The van der Waals surface area contributed by atoms with Crippen molar-refractivity contribution in [1.82, 2.24) is 15.1 Å². The van der Waals surface area contributed by atoms with E-state index in [9.17, 15) is 4.79 Å². The molecule has 2 rings (SSSR count). The highest BCUT2D eigenvalue weighted by Gasteiger charge is 2.47. The number of carbonyl (C=O) groups excluding carboxylic acids is 1. The Morgan fingerprint density at radius 2 is 2.14 bits per heavy atom. The van der Waals surface area contributed by atoms with E-state index < -0.39 is 5.54 Å². The lowest BCUT2D eigenvalue weighted by Crippen LogP contribution is -2.45. The second-order valence-corrected chi connectivity index (χ2v) is 7.77. The molecule has 21 heavy (non-hydrogen) atoms. The maximum Gasteiger partial charge on any atom is 0.244 e. The molecule has 0 saturated carbocycles. The second kappa shape index (κ2) is 6.07. The van der Waals surface area contributed by atoms with Gasteiger partial charge in [0.15, 0.2) is 0 Å². The summed E-state index contributed by atoms with van der Waals surface area (Å²) in [5.74, 6) is 0.217. The van der Waals surface area contributed by atoms with E-state index in [-0.39, 0.29) is 12.1 Å². The van der Waals surface area contributed by atoms with Crippen LogP contribution in [-0.4, -0.2) is 47.9 Å². The van der Waals surface area contributed by atoms with Gasteiger partial charge in [-0.15, -0.1) is 11.3 Å². The number of rotatable bonds is 5. The molecule has 1 aromatic heterocycles. The SMILES string of the molecule is CCC1(C)NC(c2ccc(C)s2)N(CC(C)N(C)C)C1=O. The van der Waals surface area contributed by atoms with Gasteiger partial charge in [0.05, 0.1) is 5.54 Å². The van der Waals surface area contributed by atoms with Crippen LogP contribution in [0.3, 0.4) is 0 Å². The predicted molar refractivity (Wildman–Crippen MR) is 88.5 cm³/mol. The Labute approximate surface area is 132 Å². The van der Waals surface area contributed by atoms with Gasteiger partial charge in [0, 0.05) is 22.3 Å². The third-order valence-electron chi connectivity index (χ3n) is 4.58. The van der Waals surface area contributed by atoms with E-state index in [2.05, 4.69) is 57.2 Å². The summed E-state index contributed by atoms with van der Waals surface area (Å²) < 4.78 is 0. The van der Waals surface area contributed by atoms with Crippen LogP contribution in [0.4, 0.5) is 0 Å². The Hall–Kier alpha value is -0.910. The van der Waals surface area contributed by atoms with Crippen LogP contribution in [0.1, 0.15) is 43.1 Å². The highest BCUT2D eigenvalue weighted by Crippen LogP contribution is 2.35. The molecule has 4 nitrogen and oxygen atoms in total. The van der Waals surface area contributed by atoms with Crippen molar-refractivity contribution in [1.29, 1.82) is 0 Å². The predicted octanol–water partition coefficient (Wildman–Crippen LogP) is 2.61. The van der Waals surface area contributed by atoms with Crippen LogP contribution in [-0.2, 0) is 4.79 Å². The van der Waals surface area contributed by atoms with Gasteiger partial charge >= 0.3 is 0 Å². The molecule has 1 saturated heterocycles. The minimum absolute atomic E-state index is 0.00329. The van der Waals surface area contributed by atoms with Crippen molar-refractivity contribution in [2.45, 2.75) is 51.9 Å². The minimum Gasteiger partial charge on any atom is -0.319 e. The highest BCUT2D eigenvalue weighted by atomic mass is 32.1. The molecule has 2 heterocycles. The molecule has 0 spiro atoms. The number of nitrogens with one attached hydrogen (secondary N) is 1. The fourth-order valence-corrected chi connectivity index (χ4v) is 3.53. The first-order valence-corrected chi connectivity index (χ1v) is 8.41. The number of likely N-dealkylation sites (N-methyl/N-ethyl adjacent to an activating group) is 1. The van der Waals surface area contributed by atoms with E-state index in [1.165, 1.54) is 9.75 Å². The van der Waals surface area contributed by atoms with Gasteiger partial charge in [-0.2, -0.15) is 0 Å². The summed E-state index contributed by atoms with van der Waals surface area (Å²) in [7, 11) is 4.11. The smallest absolute Gasteiger partial charge is 0.244 e. The van der Waals surface area contributed by atoms with Gasteiger partial charge in [-0.05, 0) is 53.4 Å². The van der Waals surface area contributed by atoms with Gasteiger partial charge in [0.25, 0.3) is 0 Å². The van der Waals surface area contributed by atoms with E-state index >= 15 is 0 Å². The average molecular weight is 309 g/mol. The average Bonchev–Trinajstić information content (AvgIpc) is 2.96. The summed E-state index contributed by atoms with van der Waals surface area (Å²) in [6.45, 7) is 9.10. The van der Waals surface area contributed by atoms with Crippen LogP contribution in [0, 0.1) is 6.92 Å². The molecule has 0 aromatic carbocycles. The molecular weight excluding hydrogens is 282 g/mol. The van der Waals surface area contributed by atoms with Crippen molar-refractivity contribution in [3.8, 4) is 0 Å². The summed E-state index contributed by atoms with van der Waals surface area (Å²) in [5, 5.41) is 3.56. The number of thiophene rings is 1. The molecule has 1 fully saturated rings. The third-order valence-corrected chi connectivity index (χ3v) is 5.63. The lowest BCUT2D eigenvalue weighted by Gasteiger charge is -2.29. The third kappa shape index (κ3) is 3.15. The van der Waals surface area contributed by atoms with Gasteiger partial charge in [-0.3, -0.25) is 10.1 Å². The number of aryl methyl sites for hydroxylation is 1. The van der Waals surface area contributed by atoms with E-state index in [0.29, 0.717) is 6.04 Å². The topological polar surface area (TPSA) is 35.6 Å². The number of hydrogen-bond donors (Lipinski definition) is 1. The fourth-order valence-electron chi connectivity index (χ4n) is 2.59. The highest BCUT2D eigenvalue weighted by molar-refractivity contribution is 7.12. The van der Waals surface area contributed by atoms with Crippen molar-refractivity contribution in [2.75, 3.05) is 20.6 Å². The zero-order chi connectivity index (χ0) is 15.8. The number of nitrogens with zero attached hydrogens (tertiary/aromatic N) is 2. The normalized spacial score (nSPS) is 27.7. The van der Waals surface area contributed by atoms with Crippen LogP contribution in [0.15, 0.2) is 12.1 Å². The largest absolute Gasteiger partial charge is 0.319 e. The van der Waals surface area contributed by atoms with Crippen molar-refractivity contribution in [3.63, 3.8) is 0 Å². The molecule has 0 aliphatic carbocycles. The molecule has 5 heteroatoms. The van der Waals surface area contributed by atoms with Crippen LogP contribution in [0.5, 0.6) is 0 Å². The number of carbonyl (C=O) groups is 1. The summed E-state index contributed by atoms with van der Waals surface area (Å²) in [5.41, 5.74) is -0.450. The Balaban J connectivity index is 2.29. The first kappa shape index (κ1) is 16.5. The van der Waals surface area contributed by atoms with Gasteiger partial charge in [0.2, 0.25) is 5.91 Å². The summed E-state index contributed by atoms with van der Waals surface area (Å²) in [6, 6.07) is 4.60. The molecule has 0 radical (unpaired) electrons. The first-order chi connectivity index (χ1) is 9.78. The Morgan fingerprint density at radius 3 is 2.62 bits per heavy atom. The molecule has 3 atom stereocenters. The monoisotopic (exact) mass is 309 g/mol. The standard InChI is InChI=1S/C16H27N3OS/c1-7-16(4)15(20)19(10-11(2)18(5)6)14(17-16)13-9-8-12(3)21-13/h8-9,11,14,17H,7,10H2,1-6H3. The molecule has 0 bridgehead atoms. The van der Waals surface area contributed by atoms with Gasteiger partial charge in [-0.25, -0.2) is 0 Å². The Bertz CT molecular complexity index is 513. The number of amides is 1. The minimum atomic E-state index is -0.450. The number of hydrogen-bond acceptors (Lipinski definition) is 4. The lowest BCUT2D eigenvalue weighted by molar-refractivity contribution is -0.133. The lowest BCUT2D eigenvalue weighted by atomic mass is 9.99. The maximum atomic E-state index is 12.9. The summed E-state index contributed by atoms with van der Waals surface area (Å²) in [6.07, 6.45) is 0.808. The zero-order valence-electron chi connectivity index (χ0n) is 13.9. The molecule has 1 aliphatic rings. The summed E-state index contributed by atoms with van der Waals surface area (Å²) >= 11 is 1.77. The maximum absolute atomic E-state index is 12.9. The second-order valence-electron chi connectivity index (χ2n) is 6.45. The van der Waals surface area contributed by atoms with E-state index in [4.69, 9.17) is 0 Å². The van der Waals surface area contributed by atoms with E-state index in [1.807, 2.05) is 11.8 Å². The van der Waals surface area contributed by atoms with Crippen molar-refractivity contribution in [3.05, 3.63) is 21.9 Å². The zero-order valence-corrected chi connectivity index (χ0v) is 14.8. The van der Waals surface area contributed by atoms with Crippen LogP contribution >= 0.6 is 11.3 Å². The molecule has 1 amide bonds. The van der Waals surface area contributed by atoms with Crippen molar-refractivity contribution < 1.29 is 4.79 Å². The van der Waals surface area contributed by atoms with E-state index in [1.54, 1.807) is 11.3 Å². The quantitative estimate of drug-likeness (QED) is 0.908. The first-order valence-electron chi connectivity index (χ1n) is 7.60. The fraction of sp³-hybridized carbons (Fsp3) is 0.688.